The molecule has 2 N–H and O–H groups in total. The zero-order valence-electron chi connectivity index (χ0n) is 11.8. The number of hydrogen-bond acceptors (Lipinski definition) is 3. The molecule has 0 spiro atoms. The molecule has 2 amide bonds. The lowest BCUT2D eigenvalue weighted by Gasteiger charge is -2.37. The lowest BCUT2D eigenvalue weighted by atomic mass is 9.92. The third-order valence-corrected chi connectivity index (χ3v) is 4.28. The highest BCUT2D eigenvalue weighted by Gasteiger charge is 2.32. The van der Waals surface area contributed by atoms with Gasteiger partial charge in [0.1, 0.15) is 0 Å². The fourth-order valence-electron chi connectivity index (χ4n) is 2.62. The Morgan fingerprint density at radius 1 is 1.35 bits per heavy atom. The summed E-state index contributed by atoms with van der Waals surface area (Å²) < 4.78 is 0. The molecular formula is C15H20N2O2S. The Kier molecular flexibility index (Phi) is 4.38. The molecule has 2 rings (SSSR count). The van der Waals surface area contributed by atoms with Gasteiger partial charge < -0.3 is 10.6 Å². The van der Waals surface area contributed by atoms with Crippen molar-refractivity contribution in [2.45, 2.75) is 37.6 Å². The molecule has 1 aliphatic rings. The maximum atomic E-state index is 12.7. The molecule has 2 atom stereocenters. The van der Waals surface area contributed by atoms with Gasteiger partial charge in [-0.25, -0.2) is 0 Å². The molecule has 0 aliphatic carbocycles. The summed E-state index contributed by atoms with van der Waals surface area (Å²) in [7, 11) is 0. The minimum Gasteiger partial charge on any atom is -0.369 e. The van der Waals surface area contributed by atoms with Crippen molar-refractivity contribution in [3.63, 3.8) is 0 Å². The van der Waals surface area contributed by atoms with E-state index in [0.29, 0.717) is 12.1 Å². The van der Waals surface area contributed by atoms with E-state index in [1.54, 1.807) is 11.0 Å². The summed E-state index contributed by atoms with van der Waals surface area (Å²) >= 11 is 4.29. The molecule has 1 aliphatic heterocycles. The van der Waals surface area contributed by atoms with E-state index in [4.69, 9.17) is 5.73 Å². The van der Waals surface area contributed by atoms with Gasteiger partial charge in [0.25, 0.3) is 5.91 Å². The number of piperidine rings is 1. The quantitative estimate of drug-likeness (QED) is 0.819. The van der Waals surface area contributed by atoms with Crippen LogP contribution in [0.15, 0.2) is 23.1 Å². The van der Waals surface area contributed by atoms with Crippen LogP contribution in [0.5, 0.6) is 0 Å². The van der Waals surface area contributed by atoms with Crippen molar-refractivity contribution in [3.05, 3.63) is 29.3 Å². The fourth-order valence-corrected chi connectivity index (χ4v) is 2.82. The standard InChI is InChI=1S/C15H20N2O2S/c1-9-3-6-12(20)7-13(9)15(19)17-8-11(14(16)18)5-4-10(17)2/h3,6-7,10-11,20H,4-5,8H2,1-2H3,(H2,16,18). The number of carbonyl (C=O) groups is 2. The molecule has 1 aromatic carbocycles. The molecule has 2 unspecified atom stereocenters. The van der Waals surface area contributed by atoms with Crippen LogP contribution in [0.4, 0.5) is 0 Å². The number of nitrogens with zero attached hydrogens (tertiary/aromatic N) is 1. The molecule has 108 valence electrons. The van der Waals surface area contributed by atoms with Crippen molar-refractivity contribution in [1.29, 1.82) is 0 Å². The number of benzene rings is 1. The summed E-state index contributed by atoms with van der Waals surface area (Å²) in [4.78, 5) is 26.6. The van der Waals surface area contributed by atoms with Gasteiger partial charge in [-0.15, -0.1) is 12.6 Å². The number of primary amides is 1. The topological polar surface area (TPSA) is 63.4 Å². The van der Waals surface area contributed by atoms with Crippen LogP contribution in [-0.2, 0) is 4.79 Å². The number of rotatable bonds is 2. The predicted octanol–water partition coefficient (Wildman–Crippen LogP) is 2.01. The third-order valence-electron chi connectivity index (χ3n) is 4.00. The van der Waals surface area contributed by atoms with Gasteiger partial charge in [-0.1, -0.05) is 6.07 Å². The van der Waals surface area contributed by atoms with E-state index in [9.17, 15) is 9.59 Å². The van der Waals surface area contributed by atoms with Crippen molar-refractivity contribution in [2.24, 2.45) is 11.7 Å². The Bertz CT molecular complexity index is 545. The van der Waals surface area contributed by atoms with Crippen LogP contribution in [0, 0.1) is 12.8 Å². The van der Waals surface area contributed by atoms with Gasteiger partial charge in [-0.3, -0.25) is 9.59 Å². The van der Waals surface area contributed by atoms with Crippen LogP contribution < -0.4 is 5.73 Å². The summed E-state index contributed by atoms with van der Waals surface area (Å²) in [5, 5.41) is 0. The molecule has 0 aromatic heterocycles. The first kappa shape index (κ1) is 14.9. The van der Waals surface area contributed by atoms with Gasteiger partial charge in [-0.05, 0) is 44.4 Å². The van der Waals surface area contributed by atoms with Crippen LogP contribution in [0.2, 0.25) is 0 Å². The van der Waals surface area contributed by atoms with E-state index < -0.39 is 0 Å². The van der Waals surface area contributed by atoms with E-state index in [-0.39, 0.29) is 23.8 Å². The average molecular weight is 292 g/mol. The number of thiol groups is 1. The van der Waals surface area contributed by atoms with E-state index in [1.807, 2.05) is 26.0 Å². The molecule has 1 fully saturated rings. The second-order valence-electron chi connectivity index (χ2n) is 5.48. The Labute approximate surface area is 124 Å². The number of hydrogen-bond donors (Lipinski definition) is 2. The van der Waals surface area contributed by atoms with Gasteiger partial charge in [-0.2, -0.15) is 0 Å². The highest BCUT2D eigenvalue weighted by Crippen LogP contribution is 2.25. The fraction of sp³-hybridized carbons (Fsp3) is 0.467. The van der Waals surface area contributed by atoms with Gasteiger partial charge in [0, 0.05) is 23.0 Å². The van der Waals surface area contributed by atoms with Crippen molar-refractivity contribution in [1.82, 2.24) is 4.90 Å². The minimum absolute atomic E-state index is 0.0446. The first-order chi connectivity index (χ1) is 9.40. The van der Waals surface area contributed by atoms with Gasteiger partial charge >= 0.3 is 0 Å². The number of aryl methyl sites for hydroxylation is 1. The summed E-state index contributed by atoms with van der Waals surface area (Å²) in [5.74, 6) is -0.610. The lowest BCUT2D eigenvalue weighted by molar-refractivity contribution is -0.123. The Hall–Kier alpha value is -1.49. The largest absolute Gasteiger partial charge is 0.369 e. The number of nitrogens with two attached hydrogens (primary N) is 1. The molecule has 1 saturated heterocycles. The summed E-state index contributed by atoms with van der Waals surface area (Å²) in [5.41, 5.74) is 6.94. The maximum Gasteiger partial charge on any atom is 0.254 e. The smallest absolute Gasteiger partial charge is 0.254 e. The third kappa shape index (κ3) is 2.98. The number of carbonyl (C=O) groups excluding carboxylic acids is 2. The second kappa shape index (κ2) is 5.87. The molecular weight excluding hydrogens is 272 g/mol. The normalized spacial score (nSPS) is 22.6. The van der Waals surface area contributed by atoms with Gasteiger partial charge in [0.15, 0.2) is 0 Å². The van der Waals surface area contributed by atoms with Crippen molar-refractivity contribution >= 4 is 24.4 Å². The van der Waals surface area contributed by atoms with Gasteiger partial charge in [0.2, 0.25) is 5.91 Å². The molecule has 4 nitrogen and oxygen atoms in total. The minimum atomic E-state index is -0.325. The van der Waals surface area contributed by atoms with Crippen molar-refractivity contribution in [2.75, 3.05) is 6.54 Å². The van der Waals surface area contributed by atoms with Crippen LogP contribution in [0.1, 0.15) is 35.7 Å². The van der Waals surface area contributed by atoms with Crippen LogP contribution in [0.3, 0.4) is 0 Å². The summed E-state index contributed by atoms with van der Waals surface area (Å²) in [6.45, 7) is 4.32. The average Bonchev–Trinajstić information content (AvgIpc) is 2.41. The zero-order valence-corrected chi connectivity index (χ0v) is 12.7. The Morgan fingerprint density at radius 2 is 2.05 bits per heavy atom. The molecule has 0 radical (unpaired) electrons. The summed E-state index contributed by atoms with van der Waals surface area (Å²) in [6, 6.07) is 5.65. The van der Waals surface area contributed by atoms with E-state index in [2.05, 4.69) is 12.6 Å². The first-order valence-corrected chi connectivity index (χ1v) is 7.24. The monoisotopic (exact) mass is 292 g/mol. The highest BCUT2D eigenvalue weighted by atomic mass is 32.1. The molecule has 1 aromatic rings. The molecule has 0 saturated carbocycles. The molecule has 20 heavy (non-hydrogen) atoms. The number of amides is 2. The second-order valence-corrected chi connectivity index (χ2v) is 6.00. The summed E-state index contributed by atoms with van der Waals surface area (Å²) in [6.07, 6.45) is 1.56. The van der Waals surface area contributed by atoms with Crippen molar-refractivity contribution < 1.29 is 9.59 Å². The molecule has 1 heterocycles. The van der Waals surface area contributed by atoms with Crippen LogP contribution >= 0.6 is 12.6 Å². The van der Waals surface area contributed by atoms with E-state index in [0.717, 1.165) is 23.3 Å². The lowest BCUT2D eigenvalue weighted by Crippen LogP contribution is -2.48. The predicted molar refractivity (Wildman–Crippen MR) is 80.8 cm³/mol. The maximum absolute atomic E-state index is 12.7. The Morgan fingerprint density at radius 3 is 2.70 bits per heavy atom. The van der Waals surface area contributed by atoms with Crippen LogP contribution in [0.25, 0.3) is 0 Å². The Balaban J connectivity index is 2.26. The van der Waals surface area contributed by atoms with Crippen LogP contribution in [-0.4, -0.2) is 29.3 Å². The molecule has 0 bridgehead atoms. The molecule has 5 heteroatoms. The zero-order chi connectivity index (χ0) is 14.9. The highest BCUT2D eigenvalue weighted by molar-refractivity contribution is 7.80. The first-order valence-electron chi connectivity index (χ1n) is 6.80. The van der Waals surface area contributed by atoms with E-state index >= 15 is 0 Å². The van der Waals surface area contributed by atoms with Gasteiger partial charge in [0.05, 0.1) is 5.92 Å². The SMILES string of the molecule is Cc1ccc(S)cc1C(=O)N1CC(C(N)=O)CCC1C. The van der Waals surface area contributed by atoms with E-state index in [1.165, 1.54) is 0 Å². The number of likely N-dealkylation sites (tertiary alicyclic amines) is 1. The van der Waals surface area contributed by atoms with Crippen molar-refractivity contribution in [3.8, 4) is 0 Å².